The minimum absolute atomic E-state index is 0.321. The van der Waals surface area contributed by atoms with Crippen LogP contribution in [0.5, 0.6) is 0 Å². The number of ketones is 1. The summed E-state index contributed by atoms with van der Waals surface area (Å²) in [6.07, 6.45) is 3.53. The van der Waals surface area contributed by atoms with Crippen molar-refractivity contribution in [1.29, 1.82) is 0 Å². The van der Waals surface area contributed by atoms with Gasteiger partial charge in [0.2, 0.25) is 5.78 Å². The molecule has 84 valence electrons. The number of rotatable bonds is 5. The Morgan fingerprint density at radius 1 is 1.67 bits per heavy atom. The Hall–Kier alpha value is -0.970. The Kier molecular flexibility index (Phi) is 3.79. The van der Waals surface area contributed by atoms with Crippen molar-refractivity contribution < 1.29 is 13.6 Å². The highest BCUT2D eigenvalue weighted by Gasteiger charge is 2.35. The summed E-state index contributed by atoms with van der Waals surface area (Å²) in [7, 11) is 0. The van der Waals surface area contributed by atoms with E-state index in [1.807, 2.05) is 6.92 Å². The van der Waals surface area contributed by atoms with Crippen LogP contribution in [0.1, 0.15) is 19.2 Å². The third-order valence-electron chi connectivity index (χ3n) is 1.90. The zero-order valence-electron chi connectivity index (χ0n) is 8.21. The van der Waals surface area contributed by atoms with Crippen LogP contribution in [0.25, 0.3) is 0 Å². The van der Waals surface area contributed by atoms with E-state index < -0.39 is 17.6 Å². The molecule has 0 aliphatic carbocycles. The Balaban J connectivity index is 2.72. The lowest BCUT2D eigenvalue weighted by molar-refractivity contribution is -0.132. The number of hydrogen-bond donors (Lipinski definition) is 0. The van der Waals surface area contributed by atoms with Crippen LogP contribution in [0, 0.1) is 0 Å². The van der Waals surface area contributed by atoms with Crippen molar-refractivity contribution >= 4 is 17.4 Å². The number of hydrogen-bond acceptors (Lipinski definition) is 2. The topological polar surface area (TPSA) is 34.9 Å². The van der Waals surface area contributed by atoms with Gasteiger partial charge in [-0.1, -0.05) is 6.92 Å². The summed E-state index contributed by atoms with van der Waals surface area (Å²) in [5, 5.41) is -3.80. The number of carbonyl (C=O) groups is 1. The van der Waals surface area contributed by atoms with E-state index in [-0.39, 0.29) is 0 Å². The normalized spacial score (nSPS) is 11.7. The smallest absolute Gasteiger partial charge is 0.335 e. The predicted octanol–water partition coefficient (Wildman–Crippen LogP) is 2.24. The van der Waals surface area contributed by atoms with Crippen LogP contribution in [-0.2, 0) is 17.8 Å². The van der Waals surface area contributed by atoms with Crippen LogP contribution in [0.3, 0.4) is 0 Å². The number of nitrogens with zero attached hydrogens (tertiary/aromatic N) is 2. The summed E-state index contributed by atoms with van der Waals surface area (Å²) in [6.45, 7) is 2.60. The molecule has 1 aromatic rings. The van der Waals surface area contributed by atoms with Gasteiger partial charge in [0.05, 0.1) is 6.42 Å². The van der Waals surface area contributed by atoms with E-state index in [9.17, 15) is 13.6 Å². The SMILES string of the molecule is CCCn1ccnc1CC(=O)C(F)(F)Cl. The number of Topliss-reactive ketones (excluding diaryl/α,β-unsaturated/α-hetero) is 1. The monoisotopic (exact) mass is 236 g/mol. The number of alkyl halides is 3. The molecule has 0 bridgehead atoms. The van der Waals surface area contributed by atoms with Crippen molar-refractivity contribution in [2.75, 3.05) is 0 Å². The van der Waals surface area contributed by atoms with Crippen molar-refractivity contribution in [3.05, 3.63) is 18.2 Å². The quantitative estimate of drug-likeness (QED) is 0.735. The first-order valence-electron chi connectivity index (χ1n) is 4.55. The summed E-state index contributed by atoms with van der Waals surface area (Å²) >= 11 is 4.61. The molecule has 15 heavy (non-hydrogen) atoms. The molecule has 1 heterocycles. The van der Waals surface area contributed by atoms with Gasteiger partial charge < -0.3 is 4.57 Å². The standard InChI is InChI=1S/C9H11ClF2N2O/c1-2-4-14-5-3-13-8(14)6-7(15)9(10,11)12/h3,5H,2,4,6H2,1H3. The number of carbonyl (C=O) groups excluding carboxylic acids is 1. The zero-order valence-corrected chi connectivity index (χ0v) is 8.97. The molecule has 0 aliphatic rings. The molecule has 0 atom stereocenters. The molecule has 0 spiro atoms. The summed E-state index contributed by atoms with van der Waals surface area (Å²) in [6, 6.07) is 0. The second kappa shape index (κ2) is 4.70. The van der Waals surface area contributed by atoms with Crippen molar-refractivity contribution in [2.45, 2.75) is 31.7 Å². The van der Waals surface area contributed by atoms with Gasteiger partial charge in [-0.25, -0.2) is 4.98 Å². The Labute approximate surface area is 91.1 Å². The van der Waals surface area contributed by atoms with Gasteiger partial charge in [-0.3, -0.25) is 4.79 Å². The number of halogens is 3. The fourth-order valence-corrected chi connectivity index (χ4v) is 1.26. The molecule has 0 N–H and O–H groups in total. The molecule has 1 aromatic heterocycles. The molecule has 0 amide bonds. The number of aryl methyl sites for hydroxylation is 1. The van der Waals surface area contributed by atoms with E-state index in [1.54, 1.807) is 10.8 Å². The second-order valence-corrected chi connectivity index (χ2v) is 3.61. The fourth-order valence-electron chi connectivity index (χ4n) is 1.20. The molecule has 0 saturated carbocycles. The Bertz CT molecular complexity index is 346. The molecule has 0 unspecified atom stereocenters. The summed E-state index contributed by atoms with van der Waals surface area (Å²) in [5.74, 6) is -1.00. The van der Waals surface area contributed by atoms with Crippen molar-refractivity contribution in [2.24, 2.45) is 0 Å². The molecular formula is C9H11ClF2N2O. The van der Waals surface area contributed by atoms with E-state index in [0.717, 1.165) is 6.42 Å². The third kappa shape index (κ3) is 3.27. The summed E-state index contributed by atoms with van der Waals surface area (Å²) in [5.41, 5.74) is 0. The van der Waals surface area contributed by atoms with Crippen LogP contribution in [0.2, 0.25) is 0 Å². The molecule has 0 aromatic carbocycles. The molecule has 6 heteroatoms. The summed E-state index contributed by atoms with van der Waals surface area (Å²) in [4.78, 5) is 14.8. The molecule has 1 rings (SSSR count). The summed E-state index contributed by atoms with van der Waals surface area (Å²) < 4.78 is 26.5. The minimum atomic E-state index is -3.80. The van der Waals surface area contributed by atoms with Gasteiger partial charge in [0.25, 0.3) is 0 Å². The highest BCUT2D eigenvalue weighted by Crippen LogP contribution is 2.21. The molecule has 0 radical (unpaired) electrons. The maximum Gasteiger partial charge on any atom is 0.380 e. The lowest BCUT2D eigenvalue weighted by atomic mass is 10.2. The van der Waals surface area contributed by atoms with Crippen LogP contribution in [-0.4, -0.2) is 20.7 Å². The molecular weight excluding hydrogens is 226 g/mol. The highest BCUT2D eigenvalue weighted by molar-refractivity contribution is 6.32. The molecule has 0 fully saturated rings. The zero-order chi connectivity index (χ0) is 11.5. The van der Waals surface area contributed by atoms with Crippen LogP contribution >= 0.6 is 11.6 Å². The third-order valence-corrected chi connectivity index (χ3v) is 2.11. The van der Waals surface area contributed by atoms with Gasteiger partial charge in [-0.2, -0.15) is 8.78 Å². The minimum Gasteiger partial charge on any atom is -0.335 e. The van der Waals surface area contributed by atoms with Gasteiger partial charge in [-0.15, -0.1) is 0 Å². The lowest BCUT2D eigenvalue weighted by Crippen LogP contribution is -2.25. The molecule has 0 aliphatic heterocycles. The van der Waals surface area contributed by atoms with E-state index in [2.05, 4.69) is 16.6 Å². The molecule has 3 nitrogen and oxygen atoms in total. The average Bonchev–Trinajstić information content (AvgIpc) is 2.52. The van der Waals surface area contributed by atoms with Crippen molar-refractivity contribution in [1.82, 2.24) is 9.55 Å². The van der Waals surface area contributed by atoms with Gasteiger partial charge in [0, 0.05) is 18.9 Å². The van der Waals surface area contributed by atoms with E-state index in [0.29, 0.717) is 12.4 Å². The fraction of sp³-hybridized carbons (Fsp3) is 0.556. The maximum atomic E-state index is 12.4. The Morgan fingerprint density at radius 2 is 2.33 bits per heavy atom. The Morgan fingerprint density at radius 3 is 2.87 bits per heavy atom. The van der Waals surface area contributed by atoms with Gasteiger partial charge >= 0.3 is 5.38 Å². The first-order valence-corrected chi connectivity index (χ1v) is 4.93. The van der Waals surface area contributed by atoms with Crippen LogP contribution < -0.4 is 0 Å². The first-order chi connectivity index (χ1) is 6.95. The van der Waals surface area contributed by atoms with Crippen LogP contribution in [0.4, 0.5) is 8.78 Å². The van der Waals surface area contributed by atoms with E-state index in [1.165, 1.54) is 6.20 Å². The van der Waals surface area contributed by atoms with E-state index >= 15 is 0 Å². The largest absolute Gasteiger partial charge is 0.380 e. The van der Waals surface area contributed by atoms with Crippen molar-refractivity contribution in [3.8, 4) is 0 Å². The molecule has 0 saturated heterocycles. The van der Waals surface area contributed by atoms with E-state index in [4.69, 9.17) is 0 Å². The van der Waals surface area contributed by atoms with Crippen molar-refractivity contribution in [3.63, 3.8) is 0 Å². The van der Waals surface area contributed by atoms with Gasteiger partial charge in [0.1, 0.15) is 5.82 Å². The first kappa shape index (κ1) is 12.1. The number of imidazole rings is 1. The maximum absolute atomic E-state index is 12.4. The van der Waals surface area contributed by atoms with Gasteiger partial charge in [-0.05, 0) is 18.0 Å². The highest BCUT2D eigenvalue weighted by atomic mass is 35.5. The second-order valence-electron chi connectivity index (χ2n) is 3.13. The lowest BCUT2D eigenvalue weighted by Gasteiger charge is -2.08. The van der Waals surface area contributed by atoms with Gasteiger partial charge in [0.15, 0.2) is 0 Å². The number of aromatic nitrogens is 2. The average molecular weight is 237 g/mol. The van der Waals surface area contributed by atoms with Crippen LogP contribution in [0.15, 0.2) is 12.4 Å². The predicted molar refractivity (Wildman–Crippen MR) is 52.0 cm³/mol.